The molecule has 23 heavy (non-hydrogen) atoms. The molecule has 0 unspecified atom stereocenters. The van der Waals surface area contributed by atoms with Crippen LogP contribution < -0.4 is 0 Å². The second kappa shape index (κ2) is 4.53. The van der Waals surface area contributed by atoms with Crippen LogP contribution >= 0.6 is 0 Å². The standard InChI is InChI=1S/C15H15NO7/c17-5-10(18)12-15(21)14(20,13(19)23-12)11-7-3-1-2-4-8(7)16-9(11)6-22-15/h1-4,10,12,16-18,20-21H,5-6H2/t10-,12+,14+,15+/m0/s1. The predicted octanol–water partition coefficient (Wildman–Crippen LogP) is -1.15. The number of ether oxygens (including phenoxy) is 2. The van der Waals surface area contributed by atoms with E-state index < -0.39 is 36.2 Å². The Bertz CT molecular complexity index is 802. The van der Waals surface area contributed by atoms with Crippen molar-refractivity contribution in [2.75, 3.05) is 6.61 Å². The lowest BCUT2D eigenvalue weighted by Crippen LogP contribution is -2.62. The van der Waals surface area contributed by atoms with Crippen LogP contribution in [0.4, 0.5) is 0 Å². The summed E-state index contributed by atoms with van der Waals surface area (Å²) in [5.41, 5.74) is -1.23. The van der Waals surface area contributed by atoms with Gasteiger partial charge in [-0.3, -0.25) is 0 Å². The SMILES string of the molecule is O=C1O[C@H]([C@@H](O)CO)[C@@]2(O)OCc3[nH]c4ccccc4c3[C@@]12O. The van der Waals surface area contributed by atoms with E-state index in [0.717, 1.165) is 0 Å². The molecule has 0 amide bonds. The molecule has 4 atom stereocenters. The van der Waals surface area contributed by atoms with E-state index in [9.17, 15) is 20.1 Å². The van der Waals surface area contributed by atoms with E-state index in [0.29, 0.717) is 16.6 Å². The first-order chi connectivity index (χ1) is 10.9. The van der Waals surface area contributed by atoms with E-state index in [4.69, 9.17) is 14.6 Å². The molecule has 8 nitrogen and oxygen atoms in total. The van der Waals surface area contributed by atoms with Gasteiger partial charge in [0.2, 0.25) is 5.60 Å². The number of esters is 1. The Morgan fingerprint density at radius 3 is 2.83 bits per heavy atom. The third kappa shape index (κ3) is 1.59. The topological polar surface area (TPSA) is 132 Å². The van der Waals surface area contributed by atoms with Crippen molar-refractivity contribution in [2.45, 2.75) is 30.2 Å². The highest BCUT2D eigenvalue weighted by molar-refractivity contribution is 5.95. The van der Waals surface area contributed by atoms with Gasteiger partial charge < -0.3 is 34.9 Å². The van der Waals surface area contributed by atoms with Crippen molar-refractivity contribution in [3.8, 4) is 0 Å². The van der Waals surface area contributed by atoms with Gasteiger partial charge in [-0.2, -0.15) is 0 Å². The molecular formula is C15H15NO7. The Hall–Kier alpha value is -1.97. The van der Waals surface area contributed by atoms with Crippen LogP contribution in [0.1, 0.15) is 11.3 Å². The molecular weight excluding hydrogens is 306 g/mol. The maximum Gasteiger partial charge on any atom is 0.349 e. The minimum absolute atomic E-state index is 0.117. The second-order valence-electron chi connectivity index (χ2n) is 5.80. The number of aliphatic hydroxyl groups is 4. The molecule has 1 aromatic heterocycles. The third-order valence-electron chi connectivity index (χ3n) is 4.55. The Morgan fingerprint density at radius 1 is 1.35 bits per heavy atom. The van der Waals surface area contributed by atoms with Gasteiger partial charge in [0.05, 0.1) is 13.2 Å². The van der Waals surface area contributed by atoms with Gasteiger partial charge in [0.1, 0.15) is 6.10 Å². The predicted molar refractivity (Wildman–Crippen MR) is 74.9 cm³/mol. The average Bonchev–Trinajstić information content (AvgIpc) is 3.02. The molecule has 0 radical (unpaired) electrons. The maximum absolute atomic E-state index is 12.4. The fourth-order valence-corrected chi connectivity index (χ4v) is 3.44. The summed E-state index contributed by atoms with van der Waals surface area (Å²) >= 11 is 0. The molecule has 5 N–H and O–H groups in total. The Balaban J connectivity index is 1.97. The minimum atomic E-state index is -2.50. The van der Waals surface area contributed by atoms with Crippen LogP contribution in [0.15, 0.2) is 24.3 Å². The van der Waals surface area contributed by atoms with E-state index in [1.165, 1.54) is 0 Å². The van der Waals surface area contributed by atoms with Crippen LogP contribution in [0, 0.1) is 0 Å². The molecule has 1 fully saturated rings. The quantitative estimate of drug-likeness (QED) is 0.441. The Kier molecular flexibility index (Phi) is 2.88. The Labute approximate surface area is 129 Å². The number of nitrogens with one attached hydrogen (secondary N) is 1. The van der Waals surface area contributed by atoms with Crippen molar-refractivity contribution in [3.63, 3.8) is 0 Å². The van der Waals surface area contributed by atoms with Crippen LogP contribution in [0.25, 0.3) is 10.9 Å². The summed E-state index contributed by atoms with van der Waals surface area (Å²) in [7, 11) is 0. The molecule has 8 heteroatoms. The number of rotatable bonds is 2. The normalized spacial score (nSPS) is 34.1. The smallest absolute Gasteiger partial charge is 0.349 e. The van der Waals surface area contributed by atoms with Crippen LogP contribution in [0.5, 0.6) is 0 Å². The van der Waals surface area contributed by atoms with Gasteiger partial charge in [0.25, 0.3) is 5.79 Å². The Morgan fingerprint density at radius 2 is 2.09 bits per heavy atom. The number of aromatic nitrogens is 1. The number of aliphatic hydroxyl groups excluding tert-OH is 2. The number of carbonyl (C=O) groups excluding carboxylic acids is 1. The number of carbonyl (C=O) groups is 1. The van der Waals surface area contributed by atoms with Crippen LogP contribution in [0.3, 0.4) is 0 Å². The molecule has 2 aliphatic rings. The molecule has 2 aliphatic heterocycles. The molecule has 0 aliphatic carbocycles. The monoisotopic (exact) mass is 321 g/mol. The average molecular weight is 321 g/mol. The number of hydrogen-bond donors (Lipinski definition) is 5. The number of cyclic esters (lactones) is 1. The van der Waals surface area contributed by atoms with E-state index in [-0.39, 0.29) is 12.2 Å². The fourth-order valence-electron chi connectivity index (χ4n) is 3.44. The summed E-state index contributed by atoms with van der Waals surface area (Å²) in [6, 6.07) is 6.97. The van der Waals surface area contributed by atoms with E-state index in [1.54, 1.807) is 24.3 Å². The van der Waals surface area contributed by atoms with Crippen molar-refractivity contribution in [3.05, 3.63) is 35.5 Å². The zero-order chi connectivity index (χ0) is 16.4. The molecule has 4 rings (SSSR count). The third-order valence-corrected chi connectivity index (χ3v) is 4.55. The molecule has 0 bridgehead atoms. The minimum Gasteiger partial charge on any atom is -0.451 e. The number of benzene rings is 1. The lowest BCUT2D eigenvalue weighted by Gasteiger charge is -2.40. The first kappa shape index (κ1) is 14.6. The maximum atomic E-state index is 12.4. The number of hydrogen-bond acceptors (Lipinski definition) is 7. The summed E-state index contributed by atoms with van der Waals surface area (Å²) in [6.07, 6.45) is -3.20. The first-order valence-corrected chi connectivity index (χ1v) is 7.12. The fraction of sp³-hybridized carbons (Fsp3) is 0.400. The summed E-state index contributed by atoms with van der Waals surface area (Å²) in [4.78, 5) is 15.4. The van der Waals surface area contributed by atoms with Crippen molar-refractivity contribution in [1.29, 1.82) is 0 Å². The summed E-state index contributed by atoms with van der Waals surface area (Å²) < 4.78 is 10.3. The molecule has 1 saturated heterocycles. The van der Waals surface area contributed by atoms with Crippen molar-refractivity contribution >= 4 is 16.9 Å². The molecule has 0 saturated carbocycles. The van der Waals surface area contributed by atoms with Gasteiger partial charge in [0.15, 0.2) is 6.10 Å². The lowest BCUT2D eigenvalue weighted by molar-refractivity contribution is -0.321. The highest BCUT2D eigenvalue weighted by atomic mass is 16.7. The van der Waals surface area contributed by atoms with Gasteiger partial charge in [-0.15, -0.1) is 0 Å². The van der Waals surface area contributed by atoms with Crippen molar-refractivity contribution in [2.24, 2.45) is 0 Å². The molecule has 3 heterocycles. The highest BCUT2D eigenvalue weighted by Crippen LogP contribution is 2.51. The molecule has 1 aromatic carbocycles. The van der Waals surface area contributed by atoms with E-state index in [1.807, 2.05) is 0 Å². The molecule has 122 valence electrons. The van der Waals surface area contributed by atoms with Crippen molar-refractivity contribution in [1.82, 2.24) is 4.98 Å². The summed E-state index contributed by atoms with van der Waals surface area (Å²) in [5, 5.41) is 41.3. The lowest BCUT2D eigenvalue weighted by atomic mass is 9.80. The summed E-state index contributed by atoms with van der Waals surface area (Å²) in [5.74, 6) is -3.63. The molecule has 2 aromatic rings. The highest BCUT2D eigenvalue weighted by Gasteiger charge is 2.73. The van der Waals surface area contributed by atoms with Gasteiger partial charge >= 0.3 is 5.97 Å². The zero-order valence-corrected chi connectivity index (χ0v) is 11.9. The number of aromatic amines is 1. The first-order valence-electron chi connectivity index (χ1n) is 7.12. The van der Waals surface area contributed by atoms with Gasteiger partial charge in [0, 0.05) is 22.2 Å². The number of fused-ring (bicyclic) bond motifs is 5. The number of para-hydroxylation sites is 1. The largest absolute Gasteiger partial charge is 0.451 e. The van der Waals surface area contributed by atoms with Crippen LogP contribution in [-0.2, 0) is 26.5 Å². The van der Waals surface area contributed by atoms with Gasteiger partial charge in [-0.25, -0.2) is 4.79 Å². The molecule has 0 spiro atoms. The second-order valence-corrected chi connectivity index (χ2v) is 5.80. The van der Waals surface area contributed by atoms with Crippen LogP contribution in [0.2, 0.25) is 0 Å². The van der Waals surface area contributed by atoms with Gasteiger partial charge in [-0.1, -0.05) is 18.2 Å². The van der Waals surface area contributed by atoms with Crippen LogP contribution in [-0.4, -0.2) is 56.0 Å². The zero-order valence-electron chi connectivity index (χ0n) is 11.9. The van der Waals surface area contributed by atoms with E-state index >= 15 is 0 Å². The van der Waals surface area contributed by atoms with Gasteiger partial charge in [-0.05, 0) is 6.07 Å². The van der Waals surface area contributed by atoms with Crippen molar-refractivity contribution < 1.29 is 34.7 Å². The van der Waals surface area contributed by atoms with E-state index in [2.05, 4.69) is 4.98 Å². The number of H-pyrrole nitrogens is 1. The summed E-state index contributed by atoms with van der Waals surface area (Å²) in [6.45, 7) is -0.880.